The number of hydrogen-bond donors (Lipinski definition) is 0. The first-order valence-corrected chi connectivity index (χ1v) is 8.78. The smallest absolute Gasteiger partial charge is 0.416 e. The third-order valence-electron chi connectivity index (χ3n) is 4.07. The molecule has 8 heteroatoms. The lowest BCUT2D eigenvalue weighted by Gasteiger charge is -2.22. The van der Waals surface area contributed by atoms with Crippen molar-refractivity contribution in [2.24, 2.45) is 0 Å². The molecule has 0 radical (unpaired) electrons. The summed E-state index contributed by atoms with van der Waals surface area (Å²) in [4.78, 5) is 18.5. The second-order valence-corrected chi connectivity index (χ2v) is 6.16. The Kier molecular flexibility index (Phi) is 6.15. The lowest BCUT2D eigenvalue weighted by atomic mass is 10.2. The fourth-order valence-corrected chi connectivity index (χ4v) is 2.68. The van der Waals surface area contributed by atoms with Crippen LogP contribution in [0, 0.1) is 5.82 Å². The van der Waals surface area contributed by atoms with E-state index >= 15 is 0 Å². The Balaban J connectivity index is 1.94. The minimum Gasteiger partial charge on any atom is -0.438 e. The highest BCUT2D eigenvalue weighted by Gasteiger charge is 2.31. The van der Waals surface area contributed by atoms with Gasteiger partial charge in [0.15, 0.2) is 0 Å². The summed E-state index contributed by atoms with van der Waals surface area (Å²) < 4.78 is 57.6. The molecule has 0 saturated heterocycles. The van der Waals surface area contributed by atoms with Crippen molar-refractivity contribution in [2.75, 3.05) is 11.4 Å². The number of amides is 1. The van der Waals surface area contributed by atoms with Crippen LogP contribution in [0.4, 0.5) is 23.2 Å². The van der Waals surface area contributed by atoms with Crippen molar-refractivity contribution >= 4 is 11.6 Å². The van der Waals surface area contributed by atoms with Gasteiger partial charge < -0.3 is 9.64 Å². The van der Waals surface area contributed by atoms with Gasteiger partial charge in [-0.3, -0.25) is 4.79 Å². The number of benzene rings is 2. The summed E-state index contributed by atoms with van der Waals surface area (Å²) in [7, 11) is 0. The van der Waals surface area contributed by atoms with E-state index in [-0.39, 0.29) is 23.7 Å². The van der Waals surface area contributed by atoms with Crippen molar-refractivity contribution in [2.45, 2.75) is 6.18 Å². The lowest BCUT2D eigenvalue weighted by Crippen LogP contribution is -2.31. The molecule has 0 spiro atoms. The van der Waals surface area contributed by atoms with Crippen LogP contribution in [0.15, 0.2) is 79.5 Å². The number of rotatable bonds is 6. The normalized spacial score (nSPS) is 11.1. The molecule has 0 atom stereocenters. The molecule has 0 fully saturated rings. The molecule has 1 heterocycles. The second-order valence-electron chi connectivity index (χ2n) is 6.16. The molecule has 3 aromatic rings. The van der Waals surface area contributed by atoms with Gasteiger partial charge in [-0.2, -0.15) is 13.2 Å². The number of pyridine rings is 1. The van der Waals surface area contributed by atoms with Gasteiger partial charge >= 0.3 is 6.18 Å². The molecule has 0 aliphatic rings. The van der Waals surface area contributed by atoms with Crippen LogP contribution >= 0.6 is 0 Å². The monoisotopic (exact) mass is 416 g/mol. The van der Waals surface area contributed by atoms with E-state index in [0.717, 1.165) is 12.1 Å². The molecule has 1 aromatic heterocycles. The molecule has 0 aliphatic heterocycles. The summed E-state index contributed by atoms with van der Waals surface area (Å²) in [6.45, 7) is 3.73. The van der Waals surface area contributed by atoms with E-state index in [4.69, 9.17) is 4.74 Å². The number of carbonyl (C=O) groups excluding carboxylic acids is 1. The van der Waals surface area contributed by atoms with Gasteiger partial charge in [-0.05, 0) is 54.6 Å². The van der Waals surface area contributed by atoms with Gasteiger partial charge in [0.2, 0.25) is 5.88 Å². The van der Waals surface area contributed by atoms with Gasteiger partial charge in [-0.15, -0.1) is 6.58 Å². The molecule has 3 rings (SSSR count). The van der Waals surface area contributed by atoms with Gasteiger partial charge in [0, 0.05) is 18.4 Å². The fourth-order valence-electron chi connectivity index (χ4n) is 2.68. The molecule has 0 aliphatic carbocycles. The number of hydrogen-bond acceptors (Lipinski definition) is 3. The summed E-state index contributed by atoms with van der Waals surface area (Å²) >= 11 is 0. The van der Waals surface area contributed by atoms with Crippen LogP contribution in [0.5, 0.6) is 11.6 Å². The van der Waals surface area contributed by atoms with Crippen molar-refractivity contribution in [3.05, 3.63) is 96.5 Å². The van der Waals surface area contributed by atoms with Crippen molar-refractivity contribution in [3.63, 3.8) is 0 Å². The Morgan fingerprint density at radius 1 is 1.10 bits per heavy atom. The van der Waals surface area contributed by atoms with Gasteiger partial charge in [-0.1, -0.05) is 12.1 Å². The topological polar surface area (TPSA) is 42.4 Å². The highest BCUT2D eigenvalue weighted by molar-refractivity contribution is 6.07. The number of carbonyl (C=O) groups is 1. The third-order valence-corrected chi connectivity index (χ3v) is 4.07. The zero-order valence-electron chi connectivity index (χ0n) is 15.6. The number of ether oxygens (including phenoxy) is 1. The molecule has 154 valence electrons. The number of anilines is 1. The molecule has 2 aromatic carbocycles. The molecule has 30 heavy (non-hydrogen) atoms. The Morgan fingerprint density at radius 2 is 1.83 bits per heavy atom. The molecule has 1 amide bonds. The van der Waals surface area contributed by atoms with Crippen LogP contribution in [0.1, 0.15) is 15.9 Å². The van der Waals surface area contributed by atoms with E-state index in [2.05, 4.69) is 11.6 Å². The Morgan fingerprint density at radius 3 is 2.50 bits per heavy atom. The summed E-state index contributed by atoms with van der Waals surface area (Å²) in [6, 6.07) is 12.5. The fraction of sp³-hybridized carbons (Fsp3) is 0.0909. The number of alkyl halides is 3. The third kappa shape index (κ3) is 4.83. The summed E-state index contributed by atoms with van der Waals surface area (Å²) in [5, 5.41) is 0. The molecular weight excluding hydrogens is 400 g/mol. The first kappa shape index (κ1) is 21.0. The van der Waals surface area contributed by atoms with E-state index in [0.29, 0.717) is 5.69 Å². The average molecular weight is 416 g/mol. The van der Waals surface area contributed by atoms with Gasteiger partial charge in [0.05, 0.1) is 5.56 Å². The Labute approximate surface area is 170 Å². The van der Waals surface area contributed by atoms with Crippen molar-refractivity contribution in [1.82, 2.24) is 4.98 Å². The molecule has 0 saturated carbocycles. The van der Waals surface area contributed by atoms with Gasteiger partial charge in [0.1, 0.15) is 17.1 Å². The van der Waals surface area contributed by atoms with E-state index in [1.54, 1.807) is 0 Å². The van der Waals surface area contributed by atoms with Crippen molar-refractivity contribution < 1.29 is 27.1 Å². The van der Waals surface area contributed by atoms with Crippen LogP contribution < -0.4 is 9.64 Å². The molecule has 0 bridgehead atoms. The Hall–Kier alpha value is -3.68. The van der Waals surface area contributed by atoms with Crippen LogP contribution in [0.25, 0.3) is 0 Å². The zero-order valence-corrected chi connectivity index (χ0v) is 15.6. The molecule has 0 N–H and O–H groups in total. The van der Waals surface area contributed by atoms with E-state index < -0.39 is 23.5 Å². The molecule has 0 unspecified atom stereocenters. The lowest BCUT2D eigenvalue weighted by molar-refractivity contribution is -0.137. The minimum atomic E-state index is -4.54. The summed E-state index contributed by atoms with van der Waals surface area (Å²) in [6.07, 6.45) is -1.69. The van der Waals surface area contributed by atoms with Gasteiger partial charge in [0.25, 0.3) is 5.91 Å². The highest BCUT2D eigenvalue weighted by Crippen LogP contribution is 2.33. The van der Waals surface area contributed by atoms with E-state index in [1.165, 1.54) is 65.7 Å². The van der Waals surface area contributed by atoms with Gasteiger partial charge in [-0.25, -0.2) is 9.37 Å². The second kappa shape index (κ2) is 8.77. The highest BCUT2D eigenvalue weighted by atomic mass is 19.4. The van der Waals surface area contributed by atoms with Crippen LogP contribution in [0.2, 0.25) is 0 Å². The first-order valence-electron chi connectivity index (χ1n) is 8.78. The maximum atomic E-state index is 13.2. The van der Waals surface area contributed by atoms with Crippen LogP contribution in [-0.2, 0) is 6.18 Å². The van der Waals surface area contributed by atoms with E-state index in [1.807, 2.05) is 0 Å². The quantitative estimate of drug-likeness (QED) is 0.373. The largest absolute Gasteiger partial charge is 0.438 e. The standard InChI is InChI=1S/C22H16F4N2O2/c1-2-13-28(17-10-8-16(23)9-11-17)21(29)19-7-4-12-27-20(19)30-18-6-3-5-15(14-18)22(24,25)26/h2-12,14H,1,13H2. The number of nitrogens with zero attached hydrogens (tertiary/aromatic N) is 2. The predicted molar refractivity (Wildman–Crippen MR) is 104 cm³/mol. The maximum Gasteiger partial charge on any atom is 0.416 e. The average Bonchev–Trinajstić information content (AvgIpc) is 2.72. The SMILES string of the molecule is C=CCN(C(=O)c1cccnc1Oc1cccc(C(F)(F)F)c1)c1ccc(F)cc1. The minimum absolute atomic E-state index is 0.0288. The van der Waals surface area contributed by atoms with Crippen molar-refractivity contribution in [1.29, 1.82) is 0 Å². The first-order chi connectivity index (χ1) is 14.3. The Bertz CT molecular complexity index is 1050. The van der Waals surface area contributed by atoms with Crippen LogP contribution in [0.3, 0.4) is 0 Å². The number of halogens is 4. The summed E-state index contributed by atoms with van der Waals surface area (Å²) in [5.74, 6) is -1.26. The summed E-state index contributed by atoms with van der Waals surface area (Å²) in [5.41, 5.74) is -0.445. The number of aromatic nitrogens is 1. The molecule has 4 nitrogen and oxygen atoms in total. The molecular formula is C22H16F4N2O2. The maximum absolute atomic E-state index is 13.2. The predicted octanol–water partition coefficient (Wildman–Crippen LogP) is 5.86. The zero-order chi connectivity index (χ0) is 21.7. The van der Waals surface area contributed by atoms with Crippen molar-refractivity contribution in [3.8, 4) is 11.6 Å². The van der Waals surface area contributed by atoms with Crippen LogP contribution in [-0.4, -0.2) is 17.4 Å². The van der Waals surface area contributed by atoms with E-state index in [9.17, 15) is 22.4 Å².